The molecule has 3 heterocycles. The summed E-state index contributed by atoms with van der Waals surface area (Å²) >= 11 is 1.67. The van der Waals surface area contributed by atoms with Crippen molar-refractivity contribution in [3.8, 4) is 5.75 Å². The molecule has 1 aliphatic rings. The lowest BCUT2D eigenvalue weighted by molar-refractivity contribution is 0.0933. The molecule has 0 aliphatic carbocycles. The van der Waals surface area contributed by atoms with Crippen LogP contribution in [0.3, 0.4) is 0 Å². The average molecular weight is 490 g/mol. The minimum absolute atomic E-state index is 0.00754. The van der Waals surface area contributed by atoms with E-state index in [0.717, 1.165) is 18.6 Å². The van der Waals surface area contributed by atoms with Crippen molar-refractivity contribution in [3.63, 3.8) is 0 Å². The Morgan fingerprint density at radius 3 is 2.73 bits per heavy atom. The Morgan fingerprint density at radius 2 is 2.00 bits per heavy atom. The second-order valence-corrected chi connectivity index (χ2v) is 10.7. The molecule has 9 nitrogen and oxygen atoms in total. The number of carbonyl (C=O) groups is 1. The Morgan fingerprint density at radius 1 is 1.21 bits per heavy atom. The lowest BCUT2D eigenvalue weighted by Crippen LogP contribution is -2.31. The number of ether oxygens (including phenoxy) is 1. The van der Waals surface area contributed by atoms with Gasteiger partial charge in [0.1, 0.15) is 10.6 Å². The zero-order valence-electron chi connectivity index (χ0n) is 18.6. The third-order valence-electron chi connectivity index (χ3n) is 5.68. The summed E-state index contributed by atoms with van der Waals surface area (Å²) in [7, 11) is -2.33. The monoisotopic (exact) mass is 489 g/mol. The van der Waals surface area contributed by atoms with Crippen LogP contribution in [0.25, 0.3) is 5.65 Å². The highest BCUT2D eigenvalue weighted by molar-refractivity contribution is 7.98. The predicted molar refractivity (Wildman–Crippen MR) is 127 cm³/mol. The fourth-order valence-corrected chi connectivity index (χ4v) is 6.10. The van der Waals surface area contributed by atoms with E-state index >= 15 is 0 Å². The fourth-order valence-electron chi connectivity index (χ4n) is 3.93. The Hall–Kier alpha value is -2.63. The van der Waals surface area contributed by atoms with Gasteiger partial charge in [0.05, 0.1) is 13.2 Å². The van der Waals surface area contributed by atoms with Gasteiger partial charge in [0.2, 0.25) is 10.0 Å². The minimum atomic E-state index is -3.75. The lowest BCUT2D eigenvalue weighted by atomic mass is 10.1. The highest BCUT2D eigenvalue weighted by Crippen LogP contribution is 2.30. The summed E-state index contributed by atoms with van der Waals surface area (Å²) in [5.74, 6) is 1.28. The number of benzene rings is 1. The second kappa shape index (κ2) is 10.1. The molecule has 11 heteroatoms. The third-order valence-corrected chi connectivity index (χ3v) is 8.24. The number of carbonyl (C=O) groups excluding carboxylic acids is 1. The lowest BCUT2D eigenvalue weighted by Gasteiger charge is -2.20. The molecule has 0 spiro atoms. The van der Waals surface area contributed by atoms with Gasteiger partial charge in [-0.1, -0.05) is 6.07 Å². The molecule has 1 atom stereocenters. The number of aromatic nitrogens is 3. The zero-order chi connectivity index (χ0) is 23.4. The maximum atomic E-state index is 13.2. The van der Waals surface area contributed by atoms with Crippen LogP contribution in [0.4, 0.5) is 0 Å². The van der Waals surface area contributed by atoms with Crippen molar-refractivity contribution in [2.45, 2.75) is 30.2 Å². The Balaban J connectivity index is 1.64. The summed E-state index contributed by atoms with van der Waals surface area (Å²) in [6, 6.07) is 9.72. The van der Waals surface area contributed by atoms with Crippen LogP contribution >= 0.6 is 11.8 Å². The fraction of sp³-hybridized carbons (Fsp3) is 0.409. The number of thioether (sulfide) groups is 1. The molecular weight excluding hydrogens is 462 g/mol. The van der Waals surface area contributed by atoms with Gasteiger partial charge < -0.3 is 10.1 Å². The smallest absolute Gasteiger partial charge is 0.251 e. The highest BCUT2D eigenvalue weighted by atomic mass is 32.2. The standard InChI is InChI=1S/C22H27N5O4S2/c1-31-18-9-8-16(15-19(18)33(29,30)26-11-5-6-12-26)22(28)23-17(10-14-32-2)21-25-24-20-7-3-4-13-27(20)21/h3-4,7-9,13,15,17H,5-6,10-12,14H2,1-2H3,(H,23,28). The van der Waals surface area contributed by atoms with Gasteiger partial charge in [0.25, 0.3) is 5.91 Å². The number of sulfonamides is 1. The maximum Gasteiger partial charge on any atom is 0.251 e. The number of methoxy groups -OCH3 is 1. The number of hydrogen-bond acceptors (Lipinski definition) is 7. The van der Waals surface area contributed by atoms with E-state index < -0.39 is 10.0 Å². The summed E-state index contributed by atoms with van der Waals surface area (Å²) < 4.78 is 34.9. The van der Waals surface area contributed by atoms with Crippen molar-refractivity contribution in [3.05, 3.63) is 54.0 Å². The topological polar surface area (TPSA) is 106 Å². The first-order chi connectivity index (χ1) is 16.0. The molecule has 1 N–H and O–H groups in total. The molecule has 0 radical (unpaired) electrons. The summed E-state index contributed by atoms with van der Waals surface area (Å²) in [5, 5.41) is 11.5. The van der Waals surface area contributed by atoms with Crippen molar-refractivity contribution in [2.24, 2.45) is 0 Å². The van der Waals surface area contributed by atoms with E-state index in [-0.39, 0.29) is 28.2 Å². The van der Waals surface area contributed by atoms with Crippen molar-refractivity contribution in [2.75, 3.05) is 32.2 Å². The SMILES string of the molecule is COc1ccc(C(=O)NC(CCSC)c2nnc3ccccn23)cc1S(=O)(=O)N1CCCC1. The van der Waals surface area contributed by atoms with E-state index in [1.54, 1.807) is 17.8 Å². The van der Waals surface area contributed by atoms with E-state index in [1.807, 2.05) is 35.1 Å². The molecule has 1 fully saturated rings. The molecule has 0 bridgehead atoms. The predicted octanol–water partition coefficient (Wildman–Crippen LogP) is 2.75. The van der Waals surface area contributed by atoms with Crippen LogP contribution in [-0.2, 0) is 10.0 Å². The van der Waals surface area contributed by atoms with Gasteiger partial charge in [-0.05, 0) is 61.6 Å². The summed E-state index contributed by atoms with van der Waals surface area (Å²) in [4.78, 5) is 13.2. The first-order valence-electron chi connectivity index (χ1n) is 10.7. The van der Waals surface area contributed by atoms with Gasteiger partial charge >= 0.3 is 0 Å². The van der Waals surface area contributed by atoms with E-state index in [9.17, 15) is 13.2 Å². The van der Waals surface area contributed by atoms with Gasteiger partial charge in [-0.3, -0.25) is 9.20 Å². The number of nitrogens with zero attached hydrogens (tertiary/aromatic N) is 4. The average Bonchev–Trinajstić information content (AvgIpc) is 3.52. The summed E-state index contributed by atoms with van der Waals surface area (Å²) in [6.45, 7) is 0.942. The van der Waals surface area contributed by atoms with Crippen LogP contribution in [0, 0.1) is 0 Å². The van der Waals surface area contributed by atoms with Gasteiger partial charge in [-0.2, -0.15) is 16.1 Å². The first-order valence-corrected chi connectivity index (χ1v) is 13.6. The highest BCUT2D eigenvalue weighted by Gasteiger charge is 2.31. The molecular formula is C22H27N5O4S2. The Bertz CT molecular complexity index is 1240. The second-order valence-electron chi connectivity index (χ2n) is 7.77. The largest absolute Gasteiger partial charge is 0.495 e. The number of hydrogen-bond donors (Lipinski definition) is 1. The van der Waals surface area contributed by atoms with Crippen molar-refractivity contribution < 1.29 is 17.9 Å². The molecule has 4 rings (SSSR count). The number of fused-ring (bicyclic) bond motifs is 1. The molecule has 1 aliphatic heterocycles. The summed E-state index contributed by atoms with van der Waals surface area (Å²) in [5.41, 5.74) is 0.941. The number of amides is 1. The van der Waals surface area contributed by atoms with Crippen LogP contribution < -0.4 is 10.1 Å². The number of rotatable bonds is 9. The quantitative estimate of drug-likeness (QED) is 0.493. The molecule has 1 saturated heterocycles. The number of nitrogens with one attached hydrogen (secondary N) is 1. The van der Waals surface area contributed by atoms with Crippen molar-refractivity contribution in [1.29, 1.82) is 0 Å². The maximum absolute atomic E-state index is 13.2. The van der Waals surface area contributed by atoms with Crippen LogP contribution in [0.1, 0.15) is 41.5 Å². The van der Waals surface area contributed by atoms with Gasteiger partial charge in [-0.25, -0.2) is 8.42 Å². The van der Waals surface area contributed by atoms with Gasteiger partial charge in [-0.15, -0.1) is 10.2 Å². The number of pyridine rings is 1. The van der Waals surface area contributed by atoms with Crippen LogP contribution in [0.15, 0.2) is 47.5 Å². The molecule has 2 aromatic heterocycles. The Labute approximate surface area is 197 Å². The zero-order valence-corrected chi connectivity index (χ0v) is 20.2. The van der Waals surface area contributed by atoms with E-state index in [2.05, 4.69) is 15.5 Å². The molecule has 1 amide bonds. The van der Waals surface area contributed by atoms with Gasteiger partial charge in [0, 0.05) is 24.8 Å². The van der Waals surface area contributed by atoms with E-state index in [1.165, 1.54) is 23.5 Å². The van der Waals surface area contributed by atoms with Gasteiger partial charge in [0.15, 0.2) is 11.5 Å². The molecule has 33 heavy (non-hydrogen) atoms. The molecule has 0 saturated carbocycles. The molecule has 3 aromatic rings. The van der Waals surface area contributed by atoms with E-state index in [4.69, 9.17) is 4.74 Å². The third kappa shape index (κ3) is 4.85. The normalized spacial score (nSPS) is 15.6. The molecule has 176 valence electrons. The van der Waals surface area contributed by atoms with E-state index in [0.29, 0.717) is 31.0 Å². The molecule has 1 aromatic carbocycles. The molecule has 1 unspecified atom stereocenters. The summed E-state index contributed by atoms with van der Waals surface area (Å²) in [6.07, 6.45) is 6.16. The first kappa shape index (κ1) is 23.5. The van der Waals surface area contributed by atoms with Crippen molar-refractivity contribution >= 4 is 33.3 Å². The van der Waals surface area contributed by atoms with Crippen molar-refractivity contribution in [1.82, 2.24) is 24.2 Å². The Kier molecular flexibility index (Phi) is 7.20. The van der Waals surface area contributed by atoms with Crippen LogP contribution in [0.5, 0.6) is 5.75 Å². The minimum Gasteiger partial charge on any atom is -0.495 e. The van der Waals surface area contributed by atoms with Crippen LogP contribution in [0.2, 0.25) is 0 Å². The van der Waals surface area contributed by atoms with Crippen LogP contribution in [-0.4, -0.2) is 65.4 Å².